The molecule has 0 spiro atoms. The first-order valence-corrected chi connectivity index (χ1v) is 32.9. The molecule has 4 aromatic heterocycles. The highest BCUT2D eigenvalue weighted by Gasteiger charge is 2.56. The summed E-state index contributed by atoms with van der Waals surface area (Å²) in [6.45, 7) is 8.03. The fourth-order valence-corrected chi connectivity index (χ4v) is 14.2. The molecule has 28 heteroatoms. The summed E-state index contributed by atoms with van der Waals surface area (Å²) in [4.78, 5) is 75.6. The van der Waals surface area contributed by atoms with Crippen LogP contribution in [0.25, 0.3) is 27.0 Å². The third-order valence-corrected chi connectivity index (χ3v) is 22.6. The Morgan fingerprint density at radius 1 is 0.896 bits per heavy atom. The normalized spacial score (nSPS) is 28.0. The summed E-state index contributed by atoms with van der Waals surface area (Å²) >= 11 is 11.8. The molecule has 8 heterocycles. The van der Waals surface area contributed by atoms with E-state index in [2.05, 4.69) is 24.8 Å². The summed E-state index contributed by atoms with van der Waals surface area (Å²) in [6, 6.07) is 17.3. The van der Waals surface area contributed by atoms with Crippen LogP contribution >= 0.6 is 13.4 Å². The zero-order valence-electron chi connectivity index (χ0n) is 42.5. The zero-order chi connectivity index (χ0) is 54.4. The van der Waals surface area contributed by atoms with Crippen molar-refractivity contribution < 1.29 is 60.1 Å². The highest BCUT2D eigenvalue weighted by atomic mass is 32.5. The van der Waals surface area contributed by atoms with Crippen LogP contribution in [0.2, 0.25) is 18.1 Å². The number of aryl methyl sites for hydroxylation is 1. The van der Waals surface area contributed by atoms with Gasteiger partial charge in [0.25, 0.3) is 11.5 Å². The van der Waals surface area contributed by atoms with E-state index in [4.69, 9.17) is 71.4 Å². The van der Waals surface area contributed by atoms with E-state index in [0.29, 0.717) is 41.7 Å². The number of hydrogen-bond donors (Lipinski definition) is 1. The van der Waals surface area contributed by atoms with Crippen molar-refractivity contribution >= 4 is 85.3 Å². The Bertz CT molecular complexity index is 3380. The van der Waals surface area contributed by atoms with Crippen LogP contribution in [0.4, 0.5) is 10.2 Å². The second-order valence-electron chi connectivity index (χ2n) is 20.2. The Kier molecular flexibility index (Phi) is 15.9. The van der Waals surface area contributed by atoms with Crippen LogP contribution in [0, 0.1) is 6.57 Å². The lowest BCUT2D eigenvalue weighted by Crippen LogP contribution is -2.50. The lowest BCUT2D eigenvalue weighted by molar-refractivity contribution is -0.0615. The first-order valence-electron chi connectivity index (χ1n) is 24.8. The van der Waals surface area contributed by atoms with Gasteiger partial charge < -0.3 is 46.5 Å². The van der Waals surface area contributed by atoms with Gasteiger partial charge in [-0.1, -0.05) is 57.2 Å². The fourth-order valence-electron chi connectivity index (χ4n) is 9.36. The molecule has 2 aromatic carbocycles. The number of alkyl halides is 1. The van der Waals surface area contributed by atoms with Crippen molar-refractivity contribution in [1.29, 1.82) is 0 Å². The number of hydrogen-bond acceptors (Lipinski definition) is 18. The van der Waals surface area contributed by atoms with Crippen LogP contribution < -0.4 is 10.5 Å². The van der Waals surface area contributed by atoms with Crippen LogP contribution in [0.15, 0.2) is 90.6 Å². The zero-order valence-corrected chi connectivity index (χ0v) is 46.9. The van der Waals surface area contributed by atoms with E-state index in [-0.39, 0.29) is 54.1 Å². The van der Waals surface area contributed by atoms with E-state index in [0.717, 1.165) is 5.56 Å². The van der Waals surface area contributed by atoms with Crippen LogP contribution in [-0.4, -0.2) is 135 Å². The Morgan fingerprint density at radius 3 is 2.34 bits per heavy atom. The molecule has 6 aromatic rings. The summed E-state index contributed by atoms with van der Waals surface area (Å²) < 4.78 is 79.2. The minimum atomic E-state index is -4.41. The van der Waals surface area contributed by atoms with Crippen LogP contribution in [0.3, 0.4) is 0 Å². The van der Waals surface area contributed by atoms with Crippen LogP contribution in [0.5, 0.6) is 0 Å². The van der Waals surface area contributed by atoms with E-state index in [1.54, 1.807) is 65.7 Å². The number of imidazole rings is 1. The van der Waals surface area contributed by atoms with Gasteiger partial charge in [0.05, 0.1) is 37.0 Å². The van der Waals surface area contributed by atoms with Gasteiger partial charge in [0.2, 0.25) is 6.54 Å². The van der Waals surface area contributed by atoms with E-state index >= 15 is 4.39 Å². The quantitative estimate of drug-likeness (QED) is 0.0420. The van der Waals surface area contributed by atoms with Gasteiger partial charge in [-0.25, -0.2) is 35.7 Å². The summed E-state index contributed by atoms with van der Waals surface area (Å²) in [6.07, 6.45) is -4.37. The number of carbonyl (C=O) groups excluding carboxylic acids is 2. The predicted octanol–water partition coefficient (Wildman–Crippen LogP) is 7.21. The third-order valence-electron chi connectivity index (χ3n) is 14.2. The van der Waals surface area contributed by atoms with Crippen molar-refractivity contribution in [2.75, 3.05) is 44.4 Å². The Hall–Kier alpha value is -5.07. The van der Waals surface area contributed by atoms with Crippen molar-refractivity contribution in [2.45, 2.75) is 107 Å². The van der Waals surface area contributed by atoms with E-state index in [1.807, 2.05) is 39.9 Å². The average Bonchev–Trinajstić information content (AvgIpc) is 4.15. The number of esters is 1. The Labute approximate surface area is 453 Å². The van der Waals surface area contributed by atoms with E-state index in [9.17, 15) is 19.3 Å². The fraction of sp³-hybridized carbons (Fsp3) is 0.469. The van der Waals surface area contributed by atoms with Gasteiger partial charge in [0.1, 0.15) is 67.9 Å². The molecule has 77 heavy (non-hydrogen) atoms. The SMILES string of the molecule is [C-]#[N+]CCOP1(=S)OC[C@H]2O[C@@H](n3cc4c5c(ncnc53)N(C(=O)c3ccccc3)CCC4)[C@H](F)[C@@H]2OP(O)(=S)OC[C@H]2O[C@@H](n3cnc4c(=O)n(CCOC(=O)c5ccccc5)cnc43)[C@H](O1)[C@@H]2O[Si](C)(C)C(C)(C)C. The molecular weight excluding hydrogens is 1100 g/mol. The molecule has 1 N–H and O–H groups in total. The molecule has 408 valence electrons. The molecule has 2 unspecified atom stereocenters. The molecule has 10 rings (SSSR count). The van der Waals surface area contributed by atoms with E-state index < -0.39 is 95.6 Å². The number of carbonyl (C=O) groups is 2. The van der Waals surface area contributed by atoms with Crippen LogP contribution in [0.1, 0.15) is 65.9 Å². The smallest absolute Gasteiger partial charge is 0.338 e. The molecule has 3 saturated heterocycles. The van der Waals surface area contributed by atoms with Crippen LogP contribution in [-0.2, 0) is 77.8 Å². The number of anilines is 1. The average molecular weight is 1150 g/mol. The van der Waals surface area contributed by atoms with Crippen molar-refractivity contribution in [1.82, 2.24) is 33.6 Å². The summed E-state index contributed by atoms with van der Waals surface area (Å²) in [5, 5.41) is 0.173. The van der Waals surface area contributed by atoms with E-state index in [1.165, 1.54) is 32.7 Å². The Balaban J connectivity index is 0.981. The van der Waals surface area contributed by atoms with Gasteiger partial charge in [-0.05, 0) is 84.4 Å². The monoisotopic (exact) mass is 1150 g/mol. The molecule has 22 nitrogen and oxygen atoms in total. The maximum Gasteiger partial charge on any atom is 0.338 e. The van der Waals surface area contributed by atoms with Gasteiger partial charge in [-0.3, -0.25) is 32.7 Å². The number of nitrogens with zero attached hydrogens (tertiary/aromatic N) is 9. The third kappa shape index (κ3) is 11.3. The topological polar surface area (TPSA) is 228 Å². The lowest BCUT2D eigenvalue weighted by atomic mass is 10.1. The molecule has 10 atom stereocenters. The first kappa shape index (κ1) is 55.2. The molecule has 4 aliphatic rings. The molecular formula is C49H56FN9O13P2S2Si. The van der Waals surface area contributed by atoms with Crippen molar-refractivity contribution in [2.24, 2.45) is 0 Å². The number of ether oxygens (including phenoxy) is 3. The highest BCUT2D eigenvalue weighted by molar-refractivity contribution is 8.07. The number of fused-ring (bicyclic) bond motifs is 4. The second-order valence-corrected chi connectivity index (χ2v) is 30.7. The number of amides is 1. The highest BCUT2D eigenvalue weighted by Crippen LogP contribution is 2.58. The largest absolute Gasteiger partial charge is 0.460 e. The molecule has 3 fully saturated rings. The molecule has 1 amide bonds. The van der Waals surface area contributed by atoms with Gasteiger partial charge in [-0.2, -0.15) is 0 Å². The minimum Gasteiger partial charge on any atom is -0.460 e. The summed E-state index contributed by atoms with van der Waals surface area (Å²) in [5.74, 6) is -0.444. The number of rotatable bonds is 12. The maximum atomic E-state index is 17.5. The van der Waals surface area contributed by atoms with Gasteiger partial charge in [-0.15, -0.1) is 0 Å². The standard InChI is InChI=1S/C49H56FN9O13P2S2Si/c1-49(2,3)77(5,6)72-39-34-25-66-73(63,75)70-38-33(68-46(36(38)50)58-24-32-18-13-20-57(41-35(32)42(58)53-27-52-41)44(60)30-14-9-7-10-15-30)26-67-74(76,65-22-19-51-4)71-40(39)47(69-34)59-29-54-37-43(59)55-28-56(45(37)61)21-23-64-48(62)31-16-11-8-12-17-31/h7-12,14-17,24,27-29,33-34,36,38-40,46-47H,13,18-23,25-26H2,1-3,5-6H3,(H,63,75)/t33-,34-,36-,38-,39-,40-,46-,47-,73?,74?/m1/s1. The van der Waals surface area contributed by atoms with Crippen molar-refractivity contribution in [3.63, 3.8) is 0 Å². The van der Waals surface area contributed by atoms with Gasteiger partial charge >= 0.3 is 19.4 Å². The number of benzene rings is 2. The maximum absolute atomic E-state index is 17.5. The summed E-state index contributed by atoms with van der Waals surface area (Å²) in [7, 11) is -2.79. The number of halogens is 1. The molecule has 4 aliphatic heterocycles. The summed E-state index contributed by atoms with van der Waals surface area (Å²) in [5.41, 5.74) is 1.37. The number of aromatic nitrogens is 7. The van der Waals surface area contributed by atoms with Crippen molar-refractivity contribution in [3.8, 4) is 0 Å². The van der Waals surface area contributed by atoms with Gasteiger partial charge in [0.15, 0.2) is 38.1 Å². The molecule has 0 aliphatic carbocycles. The molecule has 0 radical (unpaired) electrons. The predicted molar refractivity (Wildman–Crippen MR) is 287 cm³/mol. The van der Waals surface area contributed by atoms with Crippen molar-refractivity contribution in [3.05, 3.63) is 124 Å². The first-order chi connectivity index (χ1) is 36.8. The lowest BCUT2D eigenvalue weighted by Gasteiger charge is -2.41. The second kappa shape index (κ2) is 22.2. The van der Waals surface area contributed by atoms with Gasteiger partial charge in [0, 0.05) is 18.3 Å². The Morgan fingerprint density at radius 2 is 1.61 bits per heavy atom. The molecule has 0 saturated carbocycles. The molecule has 2 bridgehead atoms. The minimum absolute atomic E-state index is 0.0258.